The number of hydrogen-bond donors (Lipinski definition) is 4. The van der Waals surface area contributed by atoms with E-state index in [1.165, 1.54) is 116 Å². The Morgan fingerprint density at radius 1 is 0.319 bits per heavy atom. The summed E-state index contributed by atoms with van der Waals surface area (Å²) in [5, 5.41) is 20.6. The van der Waals surface area contributed by atoms with Crippen LogP contribution >= 0.6 is 15.6 Å². The number of aliphatic hydroxyl groups is 2. The summed E-state index contributed by atoms with van der Waals surface area (Å²) in [6.45, 7) is 2.50. The molecule has 0 saturated heterocycles. The molecule has 5 unspecified atom stereocenters. The van der Waals surface area contributed by atoms with Crippen LogP contribution in [0.15, 0.2) is 85.1 Å². The van der Waals surface area contributed by atoms with Crippen LogP contribution in [0.2, 0.25) is 0 Å². The highest BCUT2D eigenvalue weighted by Crippen LogP contribution is 2.45. The lowest BCUT2D eigenvalue weighted by molar-refractivity contribution is -0.161. The molecule has 0 radical (unpaired) electrons. The molecule has 0 aromatic carbocycles. The lowest BCUT2D eigenvalue weighted by Gasteiger charge is -2.21. The summed E-state index contributed by atoms with van der Waals surface area (Å²) in [6.07, 6.45) is 72.1. The third kappa shape index (κ3) is 67.9. The summed E-state index contributed by atoms with van der Waals surface area (Å²) < 4.78 is 60.9. The van der Waals surface area contributed by atoms with Crippen molar-refractivity contribution in [3.05, 3.63) is 85.1 Å². The van der Waals surface area contributed by atoms with Gasteiger partial charge < -0.3 is 34.2 Å². The van der Waals surface area contributed by atoms with Gasteiger partial charge in [-0.05, 0) is 89.9 Å². The maximum atomic E-state index is 12.9. The molecule has 528 valence electrons. The van der Waals surface area contributed by atoms with Crippen molar-refractivity contribution in [3.8, 4) is 0 Å². The van der Waals surface area contributed by atoms with Gasteiger partial charge in [0.15, 0.2) is 6.10 Å². The Kier molecular flexibility index (Phi) is 64.3. The van der Waals surface area contributed by atoms with Crippen LogP contribution in [0.3, 0.4) is 0 Å². The van der Waals surface area contributed by atoms with Gasteiger partial charge in [0.05, 0.1) is 26.4 Å². The fourth-order valence-corrected chi connectivity index (χ4v) is 11.2. The Bertz CT molecular complexity index is 2000. The second-order valence-electron chi connectivity index (χ2n) is 24.0. The largest absolute Gasteiger partial charge is 0.472 e. The van der Waals surface area contributed by atoms with E-state index < -0.39 is 91.5 Å². The number of phosphoric ester groups is 2. The zero-order valence-corrected chi connectivity index (χ0v) is 59.0. The first-order valence-corrected chi connectivity index (χ1v) is 38.9. The average Bonchev–Trinajstić information content (AvgIpc) is 3.70. The first kappa shape index (κ1) is 87.7. The molecule has 0 aliphatic carbocycles. The van der Waals surface area contributed by atoms with E-state index in [1.807, 2.05) is 0 Å². The zero-order chi connectivity index (χ0) is 66.7. The first-order chi connectivity index (χ1) is 44.2. The maximum absolute atomic E-state index is 12.9. The summed E-state index contributed by atoms with van der Waals surface area (Å²) >= 11 is 0. The van der Waals surface area contributed by atoms with Crippen molar-refractivity contribution >= 4 is 33.6 Å². The van der Waals surface area contributed by atoms with Gasteiger partial charge >= 0.3 is 33.6 Å². The molecule has 0 aliphatic heterocycles. The number of phosphoric acid groups is 2. The minimum Gasteiger partial charge on any atom is -0.463 e. The van der Waals surface area contributed by atoms with Crippen LogP contribution in [0.4, 0.5) is 0 Å². The van der Waals surface area contributed by atoms with Crippen LogP contribution in [0.5, 0.6) is 0 Å². The zero-order valence-electron chi connectivity index (χ0n) is 57.3. The van der Waals surface area contributed by atoms with Crippen LogP contribution in [-0.4, -0.2) is 95.9 Å². The second kappa shape index (κ2) is 66.7. The second-order valence-corrected chi connectivity index (χ2v) is 26.9. The van der Waals surface area contributed by atoms with Crippen molar-refractivity contribution in [3.63, 3.8) is 0 Å². The lowest BCUT2D eigenvalue weighted by atomic mass is 10.0. The summed E-state index contributed by atoms with van der Waals surface area (Å²) in [5.41, 5.74) is 0. The Morgan fingerprint density at radius 2 is 0.604 bits per heavy atom. The summed E-state index contributed by atoms with van der Waals surface area (Å²) in [7, 11) is -9.77. The molecule has 0 amide bonds. The van der Waals surface area contributed by atoms with Gasteiger partial charge in [-0.1, -0.05) is 279 Å². The Hall–Kier alpha value is -3.27. The molecule has 5 atom stereocenters. The predicted molar refractivity (Wildman–Crippen MR) is 371 cm³/mol. The van der Waals surface area contributed by atoms with E-state index in [0.717, 1.165) is 128 Å². The van der Waals surface area contributed by atoms with Crippen molar-refractivity contribution in [2.45, 2.75) is 322 Å². The van der Waals surface area contributed by atoms with Crippen LogP contribution in [0.1, 0.15) is 303 Å². The Balaban J connectivity index is 4.47. The highest BCUT2D eigenvalue weighted by Gasteiger charge is 2.29. The smallest absolute Gasteiger partial charge is 0.463 e. The molecule has 91 heavy (non-hydrogen) atoms. The number of carbonyl (C=O) groups excluding carboxylic acids is 3. The van der Waals surface area contributed by atoms with Crippen molar-refractivity contribution in [2.24, 2.45) is 0 Å². The van der Waals surface area contributed by atoms with E-state index in [-0.39, 0.29) is 19.3 Å². The minimum atomic E-state index is -4.92. The van der Waals surface area contributed by atoms with Crippen molar-refractivity contribution < 1.29 is 75.8 Å². The molecule has 0 spiro atoms. The minimum absolute atomic E-state index is 0.0916. The number of unbranched alkanes of at least 4 members (excludes halogenated alkanes) is 31. The van der Waals surface area contributed by atoms with E-state index >= 15 is 0 Å². The van der Waals surface area contributed by atoms with E-state index in [1.54, 1.807) is 0 Å². The molecule has 0 heterocycles. The normalized spacial score (nSPS) is 14.7. The monoisotopic (exact) mass is 1320 g/mol. The molecule has 4 N–H and O–H groups in total. The van der Waals surface area contributed by atoms with E-state index in [0.29, 0.717) is 19.3 Å². The van der Waals surface area contributed by atoms with Gasteiger partial charge in [-0.2, -0.15) is 0 Å². The summed E-state index contributed by atoms with van der Waals surface area (Å²) in [5.74, 6) is -1.58. The number of carbonyl (C=O) groups is 3. The molecule has 18 heteroatoms. The topological polar surface area (TPSA) is 231 Å². The summed E-state index contributed by atoms with van der Waals surface area (Å²) in [4.78, 5) is 58.4. The van der Waals surface area contributed by atoms with Gasteiger partial charge in [-0.25, -0.2) is 9.13 Å². The molecule has 16 nitrogen and oxygen atoms in total. The van der Waals surface area contributed by atoms with Gasteiger partial charge in [0.2, 0.25) is 0 Å². The van der Waals surface area contributed by atoms with E-state index in [4.69, 9.17) is 32.3 Å². The predicted octanol–water partition coefficient (Wildman–Crippen LogP) is 20.1. The number of hydrogen-bond acceptors (Lipinski definition) is 14. The fourth-order valence-electron chi connectivity index (χ4n) is 9.64. The number of esters is 3. The van der Waals surface area contributed by atoms with Crippen LogP contribution in [0, 0.1) is 0 Å². The quantitative estimate of drug-likeness (QED) is 0.0146. The fraction of sp³-hybridized carbons (Fsp3) is 0.767. The van der Waals surface area contributed by atoms with Gasteiger partial charge in [0.1, 0.15) is 25.4 Å². The van der Waals surface area contributed by atoms with Crippen molar-refractivity contribution in [1.82, 2.24) is 0 Å². The average molecular weight is 1330 g/mol. The number of allylic oxidation sites excluding steroid dienone is 14. The molecule has 0 rings (SSSR count). The van der Waals surface area contributed by atoms with Crippen molar-refractivity contribution in [1.29, 1.82) is 0 Å². The lowest BCUT2D eigenvalue weighted by Crippen LogP contribution is -2.30. The Labute approximate surface area is 553 Å². The Morgan fingerprint density at radius 3 is 0.967 bits per heavy atom. The highest BCUT2D eigenvalue weighted by molar-refractivity contribution is 7.47. The van der Waals surface area contributed by atoms with Crippen molar-refractivity contribution in [2.75, 3.05) is 39.6 Å². The van der Waals surface area contributed by atoms with Gasteiger partial charge in [-0.3, -0.25) is 32.5 Å². The number of rotatable bonds is 68. The molecule has 0 aromatic heterocycles. The third-order valence-corrected chi connectivity index (χ3v) is 17.0. The molecule has 0 aliphatic rings. The third-order valence-electron chi connectivity index (χ3n) is 15.1. The van der Waals surface area contributed by atoms with Crippen LogP contribution in [-0.2, 0) is 55.8 Å². The molecule has 0 saturated carbocycles. The number of aliphatic hydroxyl groups excluding tert-OH is 2. The number of ether oxygens (including phenoxy) is 3. The standard InChI is InChI=1S/C73H130O16P2/c1-4-7-10-13-16-19-22-25-27-28-29-30-31-32-33-34-35-36-37-38-40-43-44-47-50-53-56-59-71(76)83-62-68(74)63-85-90(79,80)86-64-69(75)65-87-91(81,82)88-67-70(89-73(78)61-58-55-52-49-46-41-24-21-18-15-12-9-6-3)66-84-72(77)60-57-54-51-48-45-42-39-26-23-20-17-14-11-8-5-2/h7,10,12,15-16,19,21,24-25,27,29-30,32-33,68-70,74-75H,4-6,8-9,11,13-14,17-18,20,22-23,26,28,31,34-67H2,1-3H3,(H,79,80)(H,81,82)/b10-7-,15-12-,19-16-,24-21-,27-25-,30-29-,33-32-. The first-order valence-electron chi connectivity index (χ1n) is 35.9. The molecule has 0 aromatic rings. The van der Waals surface area contributed by atoms with Gasteiger partial charge in [0, 0.05) is 19.3 Å². The highest BCUT2D eigenvalue weighted by atomic mass is 31.2. The molecular formula is C73H130O16P2. The SMILES string of the molecule is CC/C=C\C/C=C\C/C=C\C/C=C\C/C=C\CCCCCCCCCCCCCC(=O)OCC(O)COP(=O)(O)OCC(O)COP(=O)(O)OCC(COC(=O)CCCCCCCCCCCCCCCCC)OC(=O)CCCCCCC/C=C\C/C=C\CCC. The van der Waals surface area contributed by atoms with Crippen LogP contribution < -0.4 is 0 Å². The van der Waals surface area contributed by atoms with Gasteiger partial charge in [-0.15, -0.1) is 0 Å². The van der Waals surface area contributed by atoms with E-state index in [2.05, 4.69) is 106 Å². The van der Waals surface area contributed by atoms with Crippen LogP contribution in [0.25, 0.3) is 0 Å². The van der Waals surface area contributed by atoms with Gasteiger partial charge in [0.25, 0.3) is 0 Å². The molecule has 0 fully saturated rings. The van der Waals surface area contributed by atoms with E-state index in [9.17, 15) is 43.5 Å². The summed E-state index contributed by atoms with van der Waals surface area (Å²) in [6, 6.07) is 0. The molecule has 0 bridgehead atoms. The molecular weight excluding hydrogens is 1190 g/mol. The maximum Gasteiger partial charge on any atom is 0.472 e.